The smallest absolute Gasteiger partial charge is 0.150 e. The maximum absolute atomic E-state index is 11.5. The van der Waals surface area contributed by atoms with Crippen LogP contribution in [0.1, 0.15) is 40.5 Å². The molecule has 0 aliphatic rings. The Balaban J connectivity index is 4.47. The molecule has 4 nitrogen and oxygen atoms in total. The van der Waals surface area contributed by atoms with E-state index in [1.165, 1.54) is 0 Å². The summed E-state index contributed by atoms with van der Waals surface area (Å²) in [5, 5.41) is 3.47. The molecule has 110 valence electrons. The SMILES string of the molecule is CCNC(CCCS(=O)(=O)CC)C(C)(C)N(C)C. The van der Waals surface area contributed by atoms with Crippen molar-refractivity contribution in [3.05, 3.63) is 0 Å². The van der Waals surface area contributed by atoms with Crippen molar-refractivity contribution in [2.45, 2.75) is 52.1 Å². The molecule has 1 unspecified atom stereocenters. The van der Waals surface area contributed by atoms with E-state index in [4.69, 9.17) is 0 Å². The van der Waals surface area contributed by atoms with Crippen molar-refractivity contribution >= 4 is 9.84 Å². The average molecular weight is 278 g/mol. The van der Waals surface area contributed by atoms with E-state index in [2.05, 4.69) is 45.1 Å². The number of nitrogens with zero attached hydrogens (tertiary/aromatic N) is 1. The molecule has 0 aliphatic carbocycles. The van der Waals surface area contributed by atoms with Gasteiger partial charge >= 0.3 is 0 Å². The molecule has 0 fully saturated rings. The van der Waals surface area contributed by atoms with Gasteiger partial charge in [0.1, 0.15) is 9.84 Å². The molecule has 1 atom stereocenters. The molecule has 0 aromatic heterocycles. The number of hydrogen-bond acceptors (Lipinski definition) is 4. The van der Waals surface area contributed by atoms with E-state index in [1.807, 2.05) is 0 Å². The van der Waals surface area contributed by atoms with Gasteiger partial charge in [0.25, 0.3) is 0 Å². The molecule has 1 N–H and O–H groups in total. The number of rotatable bonds is 9. The van der Waals surface area contributed by atoms with E-state index < -0.39 is 9.84 Å². The largest absolute Gasteiger partial charge is 0.312 e. The topological polar surface area (TPSA) is 49.4 Å². The van der Waals surface area contributed by atoms with E-state index in [-0.39, 0.29) is 11.3 Å². The van der Waals surface area contributed by atoms with Gasteiger partial charge in [0.15, 0.2) is 0 Å². The summed E-state index contributed by atoms with van der Waals surface area (Å²) in [6.45, 7) is 9.08. The van der Waals surface area contributed by atoms with Crippen molar-refractivity contribution in [3.63, 3.8) is 0 Å². The van der Waals surface area contributed by atoms with Gasteiger partial charge in [-0.25, -0.2) is 8.42 Å². The van der Waals surface area contributed by atoms with Gasteiger partial charge in [-0.1, -0.05) is 13.8 Å². The summed E-state index contributed by atoms with van der Waals surface area (Å²) in [7, 11) is 1.29. The van der Waals surface area contributed by atoms with Gasteiger partial charge in [0.05, 0.1) is 5.75 Å². The van der Waals surface area contributed by atoms with Gasteiger partial charge in [-0.3, -0.25) is 0 Å². The Morgan fingerprint density at radius 1 is 1.22 bits per heavy atom. The molecule has 0 radical (unpaired) electrons. The highest BCUT2D eigenvalue weighted by molar-refractivity contribution is 7.91. The summed E-state index contributed by atoms with van der Waals surface area (Å²) >= 11 is 0. The highest BCUT2D eigenvalue weighted by atomic mass is 32.2. The number of hydrogen-bond donors (Lipinski definition) is 1. The van der Waals surface area contributed by atoms with Gasteiger partial charge in [0.2, 0.25) is 0 Å². The van der Waals surface area contributed by atoms with Crippen molar-refractivity contribution in [2.24, 2.45) is 0 Å². The lowest BCUT2D eigenvalue weighted by atomic mass is 9.90. The third kappa shape index (κ3) is 5.67. The number of sulfone groups is 1. The third-order valence-corrected chi connectivity index (χ3v) is 5.63. The van der Waals surface area contributed by atoms with Crippen LogP contribution in [0.15, 0.2) is 0 Å². The fraction of sp³-hybridized carbons (Fsp3) is 1.00. The van der Waals surface area contributed by atoms with Crippen LogP contribution in [0.3, 0.4) is 0 Å². The van der Waals surface area contributed by atoms with Crippen LogP contribution in [-0.4, -0.2) is 57.0 Å². The monoisotopic (exact) mass is 278 g/mol. The van der Waals surface area contributed by atoms with Gasteiger partial charge < -0.3 is 10.2 Å². The molecule has 0 aromatic rings. The molecule has 0 aromatic carbocycles. The maximum Gasteiger partial charge on any atom is 0.150 e. The fourth-order valence-corrected chi connectivity index (χ4v) is 2.81. The first kappa shape index (κ1) is 17.9. The zero-order valence-electron chi connectivity index (χ0n) is 12.8. The minimum Gasteiger partial charge on any atom is -0.312 e. The molecule has 0 amide bonds. The molecule has 18 heavy (non-hydrogen) atoms. The quantitative estimate of drug-likeness (QED) is 0.695. The molecule has 0 heterocycles. The van der Waals surface area contributed by atoms with E-state index in [1.54, 1.807) is 6.92 Å². The van der Waals surface area contributed by atoms with Crippen LogP contribution in [-0.2, 0) is 9.84 Å². The highest BCUT2D eigenvalue weighted by Gasteiger charge is 2.30. The van der Waals surface area contributed by atoms with Crippen LogP contribution in [0.5, 0.6) is 0 Å². The van der Waals surface area contributed by atoms with Gasteiger partial charge in [0, 0.05) is 17.3 Å². The lowest BCUT2D eigenvalue weighted by Gasteiger charge is -2.40. The summed E-state index contributed by atoms with van der Waals surface area (Å²) in [6, 6.07) is 0.310. The first-order chi connectivity index (χ1) is 8.17. The van der Waals surface area contributed by atoms with Crippen LogP contribution in [0.4, 0.5) is 0 Å². The Labute approximate surface area is 113 Å². The molecule has 5 heteroatoms. The molecule has 0 aliphatic heterocycles. The molecule has 0 spiro atoms. The molecule has 0 bridgehead atoms. The van der Waals surface area contributed by atoms with Crippen LogP contribution >= 0.6 is 0 Å². The lowest BCUT2D eigenvalue weighted by Crippen LogP contribution is -2.55. The first-order valence-corrected chi connectivity index (χ1v) is 8.60. The normalized spacial score (nSPS) is 15.1. The number of nitrogens with one attached hydrogen (secondary N) is 1. The third-order valence-electron chi connectivity index (χ3n) is 3.84. The van der Waals surface area contributed by atoms with Crippen molar-refractivity contribution < 1.29 is 8.42 Å². The second-order valence-electron chi connectivity index (χ2n) is 5.54. The van der Waals surface area contributed by atoms with E-state index in [9.17, 15) is 8.42 Å². The zero-order valence-corrected chi connectivity index (χ0v) is 13.6. The lowest BCUT2D eigenvalue weighted by molar-refractivity contribution is 0.133. The van der Waals surface area contributed by atoms with Crippen molar-refractivity contribution in [2.75, 3.05) is 32.1 Å². The summed E-state index contributed by atoms with van der Waals surface area (Å²) < 4.78 is 23.0. The van der Waals surface area contributed by atoms with Crippen molar-refractivity contribution in [3.8, 4) is 0 Å². The van der Waals surface area contributed by atoms with Gasteiger partial charge in [-0.05, 0) is 47.3 Å². The predicted molar refractivity (Wildman–Crippen MR) is 78.8 cm³/mol. The Kier molecular flexibility index (Phi) is 7.40. The van der Waals surface area contributed by atoms with E-state index >= 15 is 0 Å². The Hall–Kier alpha value is -0.130. The molecule has 0 rings (SSSR count). The van der Waals surface area contributed by atoms with E-state index in [0.29, 0.717) is 11.8 Å². The molecule has 0 saturated carbocycles. The Morgan fingerprint density at radius 2 is 1.78 bits per heavy atom. The van der Waals surface area contributed by atoms with Gasteiger partial charge in [-0.2, -0.15) is 0 Å². The predicted octanol–water partition coefficient (Wildman–Crippen LogP) is 1.52. The van der Waals surface area contributed by atoms with Crippen molar-refractivity contribution in [1.29, 1.82) is 0 Å². The van der Waals surface area contributed by atoms with Crippen molar-refractivity contribution in [1.82, 2.24) is 10.2 Å². The first-order valence-electron chi connectivity index (χ1n) is 6.78. The van der Waals surface area contributed by atoms with Crippen LogP contribution in [0.2, 0.25) is 0 Å². The minimum atomic E-state index is -2.84. The van der Waals surface area contributed by atoms with Gasteiger partial charge in [-0.15, -0.1) is 0 Å². The second kappa shape index (κ2) is 7.46. The Morgan fingerprint density at radius 3 is 2.17 bits per heavy atom. The Bertz CT molecular complexity index is 324. The zero-order chi connectivity index (χ0) is 14.4. The van der Waals surface area contributed by atoms with Crippen LogP contribution in [0, 0.1) is 0 Å². The van der Waals surface area contributed by atoms with E-state index in [0.717, 1.165) is 19.4 Å². The molecule has 0 saturated heterocycles. The summed E-state index contributed by atoms with van der Waals surface area (Å²) in [6.07, 6.45) is 1.61. The maximum atomic E-state index is 11.5. The fourth-order valence-electron chi connectivity index (χ4n) is 1.91. The summed E-state index contributed by atoms with van der Waals surface area (Å²) in [4.78, 5) is 2.19. The number of likely N-dealkylation sites (N-methyl/N-ethyl adjacent to an activating group) is 2. The average Bonchev–Trinajstić information content (AvgIpc) is 2.27. The summed E-state index contributed by atoms with van der Waals surface area (Å²) in [5.41, 5.74) is 0.0198. The van der Waals surface area contributed by atoms with Crippen LogP contribution < -0.4 is 5.32 Å². The standard InChI is InChI=1S/C13H30N2O2S/c1-7-14-12(13(3,4)15(5)6)10-9-11-18(16,17)8-2/h12,14H,7-11H2,1-6H3. The second-order valence-corrected chi connectivity index (χ2v) is 8.01. The minimum absolute atomic E-state index is 0.0198. The summed E-state index contributed by atoms with van der Waals surface area (Å²) in [5.74, 6) is 0.546. The molecular formula is C13H30N2O2S. The molecular weight excluding hydrogens is 248 g/mol. The van der Waals surface area contributed by atoms with Crippen LogP contribution in [0.25, 0.3) is 0 Å². The highest BCUT2D eigenvalue weighted by Crippen LogP contribution is 2.20.